The van der Waals surface area contributed by atoms with E-state index in [-0.39, 0.29) is 5.41 Å². The quantitative estimate of drug-likeness (QED) is 0.732. The monoisotopic (exact) mass is 346 g/mol. The van der Waals surface area contributed by atoms with Crippen molar-refractivity contribution in [2.45, 2.75) is 19.8 Å². The average molecular weight is 348 g/mol. The van der Waals surface area contributed by atoms with Gasteiger partial charge in [-0.1, -0.05) is 38.8 Å². The Labute approximate surface area is 103 Å². The number of rotatable bonds is 4. The van der Waals surface area contributed by atoms with Crippen LogP contribution in [-0.2, 0) is 9.84 Å². The van der Waals surface area contributed by atoms with E-state index in [1.54, 1.807) is 0 Å². The Kier molecular flexibility index (Phi) is 4.48. The van der Waals surface area contributed by atoms with Crippen LogP contribution in [0.4, 0.5) is 0 Å². The first kappa shape index (κ1) is 13.0. The molecule has 0 saturated carbocycles. The lowest BCUT2D eigenvalue weighted by molar-refractivity contribution is 0.245. The first-order chi connectivity index (χ1) is 6.49. The zero-order valence-corrected chi connectivity index (χ0v) is 12.3. The smallest absolute Gasteiger partial charge is 0.150 e. The molecule has 0 bridgehead atoms. The van der Waals surface area contributed by atoms with Crippen molar-refractivity contribution in [2.75, 3.05) is 22.2 Å². The fourth-order valence-electron chi connectivity index (χ4n) is 2.01. The number of sulfone groups is 1. The van der Waals surface area contributed by atoms with Gasteiger partial charge in [-0.2, -0.15) is 0 Å². The highest BCUT2D eigenvalue weighted by Gasteiger charge is 2.42. The Morgan fingerprint density at radius 3 is 2.21 bits per heavy atom. The van der Waals surface area contributed by atoms with Crippen molar-refractivity contribution in [3.05, 3.63) is 0 Å². The summed E-state index contributed by atoms with van der Waals surface area (Å²) < 4.78 is 22.8. The molecule has 0 aromatic carbocycles. The van der Waals surface area contributed by atoms with Crippen molar-refractivity contribution in [1.82, 2.24) is 0 Å². The van der Waals surface area contributed by atoms with E-state index in [2.05, 4.69) is 38.8 Å². The lowest BCUT2D eigenvalue weighted by Gasteiger charge is -2.34. The lowest BCUT2D eigenvalue weighted by Crippen LogP contribution is -2.34. The molecule has 1 unspecified atom stereocenters. The van der Waals surface area contributed by atoms with Crippen LogP contribution in [-0.4, -0.2) is 30.6 Å². The molecule has 2 nitrogen and oxygen atoms in total. The van der Waals surface area contributed by atoms with Gasteiger partial charge in [-0.05, 0) is 24.2 Å². The van der Waals surface area contributed by atoms with E-state index >= 15 is 0 Å². The van der Waals surface area contributed by atoms with Crippen molar-refractivity contribution in [3.8, 4) is 0 Å². The van der Waals surface area contributed by atoms with E-state index in [1.807, 2.05) is 0 Å². The van der Waals surface area contributed by atoms with Crippen LogP contribution in [0.3, 0.4) is 0 Å². The highest BCUT2D eigenvalue weighted by Crippen LogP contribution is 2.41. The van der Waals surface area contributed by atoms with Crippen molar-refractivity contribution < 1.29 is 8.42 Å². The van der Waals surface area contributed by atoms with Crippen molar-refractivity contribution in [2.24, 2.45) is 11.3 Å². The van der Waals surface area contributed by atoms with E-state index in [1.165, 1.54) is 0 Å². The molecular weight excluding hydrogens is 332 g/mol. The fourth-order valence-corrected chi connectivity index (χ4v) is 6.59. The zero-order chi connectivity index (χ0) is 10.8. The molecular formula is C9H16Br2O2S. The van der Waals surface area contributed by atoms with Gasteiger partial charge in [0, 0.05) is 10.7 Å². The summed E-state index contributed by atoms with van der Waals surface area (Å²) in [5.41, 5.74) is 0.115. The molecule has 1 aliphatic rings. The Hall–Kier alpha value is 0.910. The molecule has 0 N–H and O–H groups in total. The van der Waals surface area contributed by atoms with Gasteiger partial charge >= 0.3 is 0 Å². The van der Waals surface area contributed by atoms with E-state index in [0.717, 1.165) is 23.5 Å². The Bertz CT molecular complexity index is 275. The summed E-state index contributed by atoms with van der Waals surface area (Å²) in [6, 6.07) is 0. The van der Waals surface area contributed by atoms with Gasteiger partial charge < -0.3 is 0 Å². The number of hydrogen-bond donors (Lipinski definition) is 0. The van der Waals surface area contributed by atoms with Crippen LogP contribution in [0.1, 0.15) is 19.8 Å². The molecule has 1 rings (SSSR count). The van der Waals surface area contributed by atoms with Gasteiger partial charge in [0.05, 0.1) is 11.5 Å². The molecule has 1 heterocycles. The molecule has 0 aromatic rings. The third-order valence-corrected chi connectivity index (χ3v) is 7.34. The van der Waals surface area contributed by atoms with Crippen LogP contribution in [0.5, 0.6) is 0 Å². The van der Waals surface area contributed by atoms with E-state index < -0.39 is 9.84 Å². The molecule has 1 saturated heterocycles. The second-order valence-corrected chi connectivity index (χ2v) is 7.43. The second kappa shape index (κ2) is 4.83. The van der Waals surface area contributed by atoms with Crippen LogP contribution in [0.2, 0.25) is 0 Å². The average Bonchev–Trinajstić information content (AvgIpc) is 2.51. The predicted octanol–water partition coefficient (Wildman–Crippen LogP) is 2.61. The fraction of sp³-hybridized carbons (Fsp3) is 1.00. The molecule has 1 fully saturated rings. The topological polar surface area (TPSA) is 34.1 Å². The number of hydrogen-bond acceptors (Lipinski definition) is 2. The van der Waals surface area contributed by atoms with Gasteiger partial charge in [-0.3, -0.25) is 0 Å². The zero-order valence-electron chi connectivity index (χ0n) is 8.30. The van der Waals surface area contributed by atoms with Gasteiger partial charge in [0.2, 0.25) is 0 Å². The summed E-state index contributed by atoms with van der Waals surface area (Å²) in [4.78, 5) is 0. The van der Waals surface area contributed by atoms with Gasteiger partial charge in [-0.15, -0.1) is 0 Å². The van der Waals surface area contributed by atoms with Crippen molar-refractivity contribution in [3.63, 3.8) is 0 Å². The normalized spacial score (nSPS) is 26.6. The van der Waals surface area contributed by atoms with Gasteiger partial charge in [0.15, 0.2) is 9.84 Å². The standard InChI is InChI=1S/C9H16Br2O2S/c1-2-9(6-10,7-11)8-3-4-14(12,13)5-8/h8H,2-7H2,1H3. The summed E-state index contributed by atoms with van der Waals surface area (Å²) in [7, 11) is -2.75. The maximum atomic E-state index is 11.4. The van der Waals surface area contributed by atoms with Crippen LogP contribution in [0.25, 0.3) is 0 Å². The largest absolute Gasteiger partial charge is 0.229 e. The third-order valence-electron chi connectivity index (χ3n) is 3.33. The summed E-state index contributed by atoms with van der Waals surface area (Å²) in [6.45, 7) is 2.13. The van der Waals surface area contributed by atoms with Gasteiger partial charge in [0.25, 0.3) is 0 Å². The van der Waals surface area contributed by atoms with E-state index in [4.69, 9.17) is 0 Å². The molecule has 14 heavy (non-hydrogen) atoms. The summed E-state index contributed by atoms with van der Waals surface area (Å²) in [6.07, 6.45) is 1.84. The molecule has 84 valence electrons. The molecule has 0 aliphatic carbocycles. The molecule has 0 radical (unpaired) electrons. The predicted molar refractivity (Wildman–Crippen MR) is 67.1 cm³/mol. The first-order valence-corrected chi connectivity index (χ1v) is 8.88. The van der Waals surface area contributed by atoms with Crippen LogP contribution in [0.15, 0.2) is 0 Å². The summed E-state index contributed by atoms with van der Waals surface area (Å²) in [5, 5.41) is 1.75. The summed E-state index contributed by atoms with van der Waals surface area (Å²) in [5.74, 6) is 1.06. The van der Waals surface area contributed by atoms with E-state index in [9.17, 15) is 8.42 Å². The van der Waals surface area contributed by atoms with Gasteiger partial charge in [0.1, 0.15) is 0 Å². The number of halogens is 2. The minimum Gasteiger partial charge on any atom is -0.229 e. The number of alkyl halides is 2. The van der Waals surface area contributed by atoms with Crippen molar-refractivity contribution in [1.29, 1.82) is 0 Å². The molecule has 0 spiro atoms. The molecule has 1 atom stereocenters. The maximum absolute atomic E-state index is 11.4. The van der Waals surface area contributed by atoms with Crippen molar-refractivity contribution >= 4 is 41.7 Å². The minimum atomic E-state index is -2.75. The Morgan fingerprint density at radius 2 is 1.93 bits per heavy atom. The highest BCUT2D eigenvalue weighted by molar-refractivity contribution is 9.09. The highest BCUT2D eigenvalue weighted by atomic mass is 79.9. The molecule has 0 aromatic heterocycles. The maximum Gasteiger partial charge on any atom is 0.150 e. The van der Waals surface area contributed by atoms with E-state index in [0.29, 0.717) is 17.4 Å². The molecule has 0 amide bonds. The molecule has 5 heteroatoms. The van der Waals surface area contributed by atoms with Crippen LogP contribution < -0.4 is 0 Å². The SMILES string of the molecule is CCC(CBr)(CBr)C1CCS(=O)(=O)C1. The van der Waals surface area contributed by atoms with Crippen LogP contribution >= 0.6 is 31.9 Å². The second-order valence-electron chi connectivity index (χ2n) is 4.08. The van der Waals surface area contributed by atoms with Gasteiger partial charge in [-0.25, -0.2) is 8.42 Å². The molecule has 1 aliphatic heterocycles. The Morgan fingerprint density at radius 1 is 1.36 bits per heavy atom. The lowest BCUT2D eigenvalue weighted by atomic mass is 9.76. The Balaban J connectivity index is 2.82. The first-order valence-electron chi connectivity index (χ1n) is 4.82. The third kappa shape index (κ3) is 2.53. The minimum absolute atomic E-state index is 0.115. The summed E-state index contributed by atoms with van der Waals surface area (Å²) >= 11 is 7.03. The van der Waals surface area contributed by atoms with Crippen LogP contribution in [0, 0.1) is 11.3 Å².